The number of methoxy groups -OCH3 is 2. The third-order valence-corrected chi connectivity index (χ3v) is 4.22. The van der Waals surface area contributed by atoms with Crippen LogP contribution in [0.3, 0.4) is 0 Å². The lowest BCUT2D eigenvalue weighted by Crippen LogP contribution is -2.06. The molecular formula is C19H20ClN5O2. The predicted octanol–water partition coefficient (Wildman–Crippen LogP) is 4.53. The van der Waals surface area contributed by atoms with Gasteiger partial charge in [-0.1, -0.05) is 11.6 Å². The number of nitrogen functional groups attached to an aromatic ring is 1. The van der Waals surface area contributed by atoms with Crippen LogP contribution in [0.1, 0.15) is 5.56 Å². The van der Waals surface area contributed by atoms with E-state index in [0.29, 0.717) is 39.5 Å². The van der Waals surface area contributed by atoms with Crippen molar-refractivity contribution in [2.24, 2.45) is 0 Å². The molecule has 0 saturated carbocycles. The molecule has 1 heterocycles. The number of halogens is 1. The SMILES string of the molecule is COc1ccc(OC)c(Nc2ncnc(Nc3ccc(Cl)cc3C)c2N)c1. The molecule has 7 nitrogen and oxygen atoms in total. The van der Waals surface area contributed by atoms with Gasteiger partial charge in [0.2, 0.25) is 0 Å². The second kappa shape index (κ2) is 8.01. The number of hydrogen-bond acceptors (Lipinski definition) is 7. The van der Waals surface area contributed by atoms with Crippen molar-refractivity contribution in [3.63, 3.8) is 0 Å². The third kappa shape index (κ3) is 4.15. The van der Waals surface area contributed by atoms with Crippen LogP contribution in [0.15, 0.2) is 42.7 Å². The highest BCUT2D eigenvalue weighted by molar-refractivity contribution is 6.30. The van der Waals surface area contributed by atoms with Crippen LogP contribution in [0.2, 0.25) is 5.02 Å². The Morgan fingerprint density at radius 3 is 2.26 bits per heavy atom. The summed E-state index contributed by atoms with van der Waals surface area (Å²) in [7, 11) is 3.19. The smallest absolute Gasteiger partial charge is 0.159 e. The summed E-state index contributed by atoms with van der Waals surface area (Å²) in [5.74, 6) is 2.25. The number of ether oxygens (including phenoxy) is 2. The first-order valence-electron chi connectivity index (χ1n) is 8.14. The first-order chi connectivity index (χ1) is 13.0. The fraction of sp³-hybridized carbons (Fsp3) is 0.158. The van der Waals surface area contributed by atoms with Gasteiger partial charge in [-0.15, -0.1) is 0 Å². The van der Waals surface area contributed by atoms with E-state index in [1.807, 2.05) is 25.1 Å². The lowest BCUT2D eigenvalue weighted by atomic mass is 10.2. The van der Waals surface area contributed by atoms with Crippen LogP contribution in [0, 0.1) is 6.92 Å². The molecule has 0 aliphatic rings. The van der Waals surface area contributed by atoms with E-state index in [-0.39, 0.29) is 0 Å². The minimum absolute atomic E-state index is 0.372. The van der Waals surface area contributed by atoms with Crippen LogP contribution in [0.5, 0.6) is 11.5 Å². The van der Waals surface area contributed by atoms with Crippen LogP contribution >= 0.6 is 11.6 Å². The van der Waals surface area contributed by atoms with Gasteiger partial charge in [0, 0.05) is 16.8 Å². The number of nitrogens with two attached hydrogens (primary N) is 1. The number of rotatable bonds is 6. The second-order valence-electron chi connectivity index (χ2n) is 5.76. The normalized spacial score (nSPS) is 10.4. The summed E-state index contributed by atoms with van der Waals surface area (Å²) in [6.07, 6.45) is 1.43. The molecule has 0 atom stereocenters. The Morgan fingerprint density at radius 1 is 0.926 bits per heavy atom. The Kier molecular flexibility index (Phi) is 5.52. The molecule has 0 aliphatic carbocycles. The van der Waals surface area contributed by atoms with Gasteiger partial charge >= 0.3 is 0 Å². The zero-order chi connectivity index (χ0) is 19.4. The third-order valence-electron chi connectivity index (χ3n) is 3.99. The lowest BCUT2D eigenvalue weighted by Gasteiger charge is -2.16. The average Bonchev–Trinajstić information content (AvgIpc) is 2.66. The molecule has 1 aromatic heterocycles. The summed E-state index contributed by atoms with van der Waals surface area (Å²) in [6.45, 7) is 1.95. The van der Waals surface area contributed by atoms with Gasteiger partial charge in [0.25, 0.3) is 0 Å². The Balaban J connectivity index is 1.91. The first-order valence-corrected chi connectivity index (χ1v) is 8.52. The van der Waals surface area contributed by atoms with E-state index in [9.17, 15) is 0 Å². The maximum atomic E-state index is 6.27. The van der Waals surface area contributed by atoms with Crippen LogP contribution in [0.25, 0.3) is 0 Å². The maximum Gasteiger partial charge on any atom is 0.159 e. The summed E-state index contributed by atoms with van der Waals surface area (Å²) >= 11 is 6.01. The van der Waals surface area contributed by atoms with Crippen molar-refractivity contribution >= 4 is 40.3 Å². The standard InChI is InChI=1S/C19H20ClN5O2/c1-11-8-12(20)4-6-14(11)24-18-17(21)19(23-10-22-18)25-15-9-13(26-2)5-7-16(15)27-3/h4-10H,21H2,1-3H3,(H2,22,23,24,25). The second-order valence-corrected chi connectivity index (χ2v) is 6.20. The van der Waals surface area contributed by atoms with E-state index in [1.54, 1.807) is 32.4 Å². The quantitative estimate of drug-likeness (QED) is 0.574. The molecule has 0 bridgehead atoms. The van der Waals surface area contributed by atoms with E-state index in [0.717, 1.165) is 11.3 Å². The van der Waals surface area contributed by atoms with Crippen molar-refractivity contribution in [2.75, 3.05) is 30.6 Å². The predicted molar refractivity (Wildman–Crippen MR) is 109 cm³/mol. The molecule has 0 saturated heterocycles. The molecule has 0 amide bonds. The molecule has 140 valence electrons. The van der Waals surface area contributed by atoms with E-state index in [1.165, 1.54) is 6.33 Å². The average molecular weight is 386 g/mol. The molecular weight excluding hydrogens is 366 g/mol. The van der Waals surface area contributed by atoms with Gasteiger partial charge in [-0.05, 0) is 42.8 Å². The number of aromatic nitrogens is 2. The fourth-order valence-electron chi connectivity index (χ4n) is 2.53. The van der Waals surface area contributed by atoms with Crippen molar-refractivity contribution in [2.45, 2.75) is 6.92 Å². The lowest BCUT2D eigenvalue weighted by molar-refractivity contribution is 0.405. The van der Waals surface area contributed by atoms with Gasteiger partial charge in [-0.3, -0.25) is 0 Å². The van der Waals surface area contributed by atoms with Crippen molar-refractivity contribution < 1.29 is 9.47 Å². The summed E-state index contributed by atoms with van der Waals surface area (Å²) < 4.78 is 10.6. The number of hydrogen-bond donors (Lipinski definition) is 3. The molecule has 3 aromatic rings. The van der Waals surface area contributed by atoms with Gasteiger partial charge < -0.3 is 25.8 Å². The molecule has 0 radical (unpaired) electrons. The van der Waals surface area contributed by atoms with Crippen molar-refractivity contribution in [3.8, 4) is 11.5 Å². The Labute approximate surface area is 162 Å². The molecule has 0 fully saturated rings. The minimum Gasteiger partial charge on any atom is -0.497 e. The molecule has 27 heavy (non-hydrogen) atoms. The minimum atomic E-state index is 0.372. The van der Waals surface area contributed by atoms with Crippen LogP contribution < -0.4 is 25.8 Å². The zero-order valence-electron chi connectivity index (χ0n) is 15.2. The molecule has 4 N–H and O–H groups in total. The van der Waals surface area contributed by atoms with E-state index >= 15 is 0 Å². The van der Waals surface area contributed by atoms with E-state index in [2.05, 4.69) is 20.6 Å². The van der Waals surface area contributed by atoms with Gasteiger partial charge in [0.05, 0.1) is 19.9 Å². The Morgan fingerprint density at radius 2 is 1.63 bits per heavy atom. The first kappa shape index (κ1) is 18.6. The molecule has 2 aromatic carbocycles. The zero-order valence-corrected chi connectivity index (χ0v) is 16.0. The van der Waals surface area contributed by atoms with Crippen molar-refractivity contribution in [3.05, 3.63) is 53.3 Å². The largest absolute Gasteiger partial charge is 0.497 e. The Bertz CT molecular complexity index is 965. The fourth-order valence-corrected chi connectivity index (χ4v) is 2.76. The van der Waals surface area contributed by atoms with Crippen LogP contribution in [0.4, 0.5) is 28.7 Å². The van der Waals surface area contributed by atoms with Gasteiger partial charge in [0.15, 0.2) is 11.6 Å². The number of nitrogens with zero attached hydrogens (tertiary/aromatic N) is 2. The van der Waals surface area contributed by atoms with E-state index < -0.39 is 0 Å². The monoisotopic (exact) mass is 385 g/mol. The number of aryl methyl sites for hydroxylation is 1. The van der Waals surface area contributed by atoms with Crippen molar-refractivity contribution in [1.82, 2.24) is 9.97 Å². The highest BCUT2D eigenvalue weighted by Crippen LogP contribution is 2.34. The van der Waals surface area contributed by atoms with Crippen LogP contribution in [-0.2, 0) is 0 Å². The van der Waals surface area contributed by atoms with E-state index in [4.69, 9.17) is 26.8 Å². The van der Waals surface area contributed by atoms with Gasteiger partial charge in [-0.25, -0.2) is 9.97 Å². The molecule has 0 aliphatic heterocycles. The number of nitrogens with one attached hydrogen (secondary N) is 2. The summed E-state index contributed by atoms with van der Waals surface area (Å²) in [6, 6.07) is 10.9. The number of anilines is 5. The maximum absolute atomic E-state index is 6.27. The van der Waals surface area contributed by atoms with Gasteiger partial charge in [-0.2, -0.15) is 0 Å². The Hall–Kier alpha value is -3.19. The van der Waals surface area contributed by atoms with Crippen molar-refractivity contribution in [1.29, 1.82) is 0 Å². The van der Waals surface area contributed by atoms with Crippen LogP contribution in [-0.4, -0.2) is 24.2 Å². The summed E-state index contributed by atoms with van der Waals surface area (Å²) in [4.78, 5) is 8.48. The summed E-state index contributed by atoms with van der Waals surface area (Å²) in [5, 5.41) is 7.06. The molecule has 0 unspecified atom stereocenters. The highest BCUT2D eigenvalue weighted by Gasteiger charge is 2.12. The molecule has 3 rings (SSSR count). The molecule has 8 heteroatoms. The highest BCUT2D eigenvalue weighted by atomic mass is 35.5. The topological polar surface area (TPSA) is 94.3 Å². The molecule has 0 spiro atoms. The summed E-state index contributed by atoms with van der Waals surface area (Å²) in [5.41, 5.74) is 9.15. The van der Waals surface area contributed by atoms with Gasteiger partial charge in [0.1, 0.15) is 23.5 Å². The number of benzene rings is 2.